The Hall–Kier alpha value is -0.810. The van der Waals surface area contributed by atoms with Crippen LogP contribution in [0.3, 0.4) is 0 Å². The smallest absolute Gasteiger partial charge is 0.219 e. The van der Waals surface area contributed by atoms with Gasteiger partial charge in [-0.15, -0.1) is 0 Å². The fraction of sp³-hybridized carbons (Fsp3) is 0.966. The van der Waals surface area contributed by atoms with Gasteiger partial charge in [0.15, 0.2) is 6.29 Å². The molecule has 1 rings (SSSR count). The Morgan fingerprint density at radius 1 is 0.789 bits per heavy atom. The van der Waals surface area contributed by atoms with Gasteiger partial charge in [-0.1, -0.05) is 84.0 Å². The molecule has 5 atom stereocenters. The van der Waals surface area contributed by atoms with E-state index in [-0.39, 0.29) is 12.5 Å². The normalized spacial score (nSPS) is 24.0. The number of nitrogens with one attached hydrogen (secondary N) is 1. The summed E-state index contributed by atoms with van der Waals surface area (Å²) in [4.78, 5) is 12.1. The molecule has 1 amide bonds. The number of rotatable bonds is 23. The summed E-state index contributed by atoms with van der Waals surface area (Å²) in [5.41, 5.74) is 0. The lowest BCUT2D eigenvalue weighted by Crippen LogP contribution is -2.59. The molecule has 0 saturated carbocycles. The predicted molar refractivity (Wildman–Crippen MR) is 150 cm³/mol. The van der Waals surface area contributed by atoms with Crippen molar-refractivity contribution in [3.05, 3.63) is 0 Å². The molecule has 5 N–H and O–H groups in total. The third-order valence-electron chi connectivity index (χ3n) is 7.60. The number of aliphatic hydroxyl groups is 4. The molecule has 0 aliphatic carbocycles. The minimum absolute atomic E-state index is 0.129. The molecule has 1 heterocycles. The number of unbranched alkanes of at least 4 members (excludes halogenated alkanes) is 12. The molecule has 5 unspecified atom stereocenters. The summed E-state index contributed by atoms with van der Waals surface area (Å²) in [6.07, 6.45) is 12.1. The van der Waals surface area contributed by atoms with E-state index in [0.29, 0.717) is 24.0 Å². The molecule has 1 fully saturated rings. The number of carbonyl (C=O) groups is 1. The average molecular weight is 548 g/mol. The first-order valence-electron chi connectivity index (χ1n) is 15.2. The highest BCUT2D eigenvalue weighted by atomic mass is 16.7. The van der Waals surface area contributed by atoms with Gasteiger partial charge in [-0.25, -0.2) is 0 Å². The molecule has 1 aliphatic rings. The summed E-state index contributed by atoms with van der Waals surface area (Å²) < 4.78 is 11.6. The van der Waals surface area contributed by atoms with Crippen LogP contribution in [0.4, 0.5) is 0 Å². The van der Waals surface area contributed by atoms with Gasteiger partial charge in [-0.05, 0) is 6.42 Å². The zero-order chi connectivity index (χ0) is 28.2. The Morgan fingerprint density at radius 2 is 1.34 bits per heavy atom. The summed E-state index contributed by atoms with van der Waals surface area (Å²) in [6.45, 7) is 4.19. The molecular weight excluding hydrogens is 488 g/mol. The molecule has 9 nitrogen and oxygen atoms in total. The topological polar surface area (TPSA) is 128 Å². The number of carbonyl (C=O) groups excluding carboxylic acids is 1. The predicted octanol–water partition coefficient (Wildman–Crippen LogP) is 2.87. The van der Waals surface area contributed by atoms with E-state index in [1.54, 1.807) is 0 Å². The van der Waals surface area contributed by atoms with Gasteiger partial charge in [0.05, 0.1) is 33.9 Å². The highest BCUT2D eigenvalue weighted by Gasteiger charge is 2.44. The van der Waals surface area contributed by atoms with Gasteiger partial charge in [-0.3, -0.25) is 4.79 Å². The van der Waals surface area contributed by atoms with E-state index in [1.165, 1.54) is 70.6 Å². The van der Waals surface area contributed by atoms with Crippen molar-refractivity contribution < 1.29 is 39.2 Å². The number of hydrogen-bond donors (Lipinski definition) is 5. The molecule has 0 spiro atoms. The molecule has 38 heavy (non-hydrogen) atoms. The molecule has 1 saturated heterocycles. The fourth-order valence-electron chi connectivity index (χ4n) is 4.86. The van der Waals surface area contributed by atoms with Gasteiger partial charge < -0.3 is 39.7 Å². The monoisotopic (exact) mass is 547 g/mol. The summed E-state index contributed by atoms with van der Waals surface area (Å²) in [5, 5.41) is 42.1. The van der Waals surface area contributed by atoms with Crippen LogP contribution >= 0.6 is 0 Å². The Morgan fingerprint density at radius 3 is 1.89 bits per heavy atom. The zero-order valence-corrected chi connectivity index (χ0v) is 24.5. The first-order valence-corrected chi connectivity index (χ1v) is 15.2. The quantitative estimate of drug-likeness (QED) is 0.0983. The van der Waals surface area contributed by atoms with Crippen molar-refractivity contribution in [2.45, 2.75) is 134 Å². The summed E-state index contributed by atoms with van der Waals surface area (Å²) in [7, 11) is 4.12. The molecular formula is C29H59N2O7+. The maximum Gasteiger partial charge on any atom is 0.219 e. The molecule has 0 aromatic heterocycles. The molecule has 1 aliphatic heterocycles. The average Bonchev–Trinajstić information content (AvgIpc) is 2.89. The standard InChI is InChI=1S/C29H58N2O7/c1-4-5-6-7-8-9-10-11-12-13-14-15-16-18-25(33)30-19-17-20-31(2,3)21-22-37-29-28(36)27(35)26(34)24(23-32)38-29/h24,26-29,32,34-36H,4-23H2,1-3H3/p+1. The van der Waals surface area contributed by atoms with Crippen molar-refractivity contribution in [3.63, 3.8) is 0 Å². The number of hydrogen-bond acceptors (Lipinski definition) is 7. The van der Waals surface area contributed by atoms with Gasteiger partial charge in [0.25, 0.3) is 0 Å². The van der Waals surface area contributed by atoms with Crippen molar-refractivity contribution in [1.82, 2.24) is 5.32 Å². The van der Waals surface area contributed by atoms with Gasteiger partial charge in [0, 0.05) is 19.4 Å². The second-order valence-corrected chi connectivity index (χ2v) is 11.6. The van der Waals surface area contributed by atoms with Gasteiger partial charge in [0.2, 0.25) is 5.91 Å². The number of aliphatic hydroxyl groups excluding tert-OH is 4. The van der Waals surface area contributed by atoms with Gasteiger partial charge in [0.1, 0.15) is 31.0 Å². The maximum atomic E-state index is 12.1. The van der Waals surface area contributed by atoms with Crippen molar-refractivity contribution in [3.8, 4) is 0 Å². The molecule has 0 aromatic carbocycles. The van der Waals surface area contributed by atoms with E-state index >= 15 is 0 Å². The van der Waals surface area contributed by atoms with E-state index < -0.39 is 37.3 Å². The second-order valence-electron chi connectivity index (χ2n) is 11.6. The van der Waals surface area contributed by atoms with E-state index in [1.807, 2.05) is 0 Å². The Kier molecular flexibility index (Phi) is 19.5. The third kappa shape index (κ3) is 15.7. The number of ether oxygens (including phenoxy) is 2. The summed E-state index contributed by atoms with van der Waals surface area (Å²) in [5.74, 6) is 0.129. The minimum atomic E-state index is -1.43. The SMILES string of the molecule is CCCCCCCCCCCCCCCC(=O)NCCC[N+](C)(C)CCOC1OC(CO)C(O)C(O)C1O. The van der Waals surface area contributed by atoms with Crippen LogP contribution in [-0.4, -0.2) is 108 Å². The van der Waals surface area contributed by atoms with Gasteiger partial charge in [-0.2, -0.15) is 0 Å². The molecule has 0 aromatic rings. The second kappa shape index (κ2) is 21.0. The third-order valence-corrected chi connectivity index (χ3v) is 7.60. The Bertz CT molecular complexity index is 591. The van der Waals surface area contributed by atoms with E-state index in [2.05, 4.69) is 26.3 Å². The largest absolute Gasteiger partial charge is 0.394 e. The van der Waals surface area contributed by atoms with Gasteiger partial charge >= 0.3 is 0 Å². The zero-order valence-electron chi connectivity index (χ0n) is 24.5. The summed E-state index contributed by atoms with van der Waals surface area (Å²) >= 11 is 0. The summed E-state index contributed by atoms with van der Waals surface area (Å²) in [6, 6.07) is 0. The van der Waals surface area contributed by atoms with Crippen LogP contribution in [0.25, 0.3) is 0 Å². The van der Waals surface area contributed by atoms with Crippen LogP contribution in [0.2, 0.25) is 0 Å². The number of nitrogens with zero attached hydrogens (tertiary/aromatic N) is 1. The first kappa shape index (κ1) is 35.2. The highest BCUT2D eigenvalue weighted by molar-refractivity contribution is 5.75. The minimum Gasteiger partial charge on any atom is -0.394 e. The Balaban J connectivity index is 2.00. The van der Waals surface area contributed by atoms with Crippen LogP contribution in [0.15, 0.2) is 0 Å². The van der Waals surface area contributed by atoms with Crippen molar-refractivity contribution in [1.29, 1.82) is 0 Å². The fourth-order valence-corrected chi connectivity index (χ4v) is 4.86. The van der Waals surface area contributed by atoms with Crippen LogP contribution < -0.4 is 5.32 Å². The maximum absolute atomic E-state index is 12.1. The van der Waals surface area contributed by atoms with E-state index in [9.17, 15) is 25.2 Å². The lowest BCUT2D eigenvalue weighted by atomic mass is 9.99. The number of likely N-dealkylation sites (N-methyl/N-ethyl adjacent to an activating group) is 1. The lowest BCUT2D eigenvalue weighted by molar-refractivity contribution is -0.891. The highest BCUT2D eigenvalue weighted by Crippen LogP contribution is 2.22. The van der Waals surface area contributed by atoms with Crippen LogP contribution in [0.5, 0.6) is 0 Å². The molecule has 0 radical (unpaired) electrons. The molecule has 9 heteroatoms. The van der Waals surface area contributed by atoms with Crippen molar-refractivity contribution in [2.75, 3.05) is 46.9 Å². The van der Waals surface area contributed by atoms with E-state index in [4.69, 9.17) is 9.47 Å². The number of amides is 1. The van der Waals surface area contributed by atoms with Crippen molar-refractivity contribution in [2.24, 2.45) is 0 Å². The molecule has 0 bridgehead atoms. The van der Waals surface area contributed by atoms with E-state index in [0.717, 1.165) is 25.8 Å². The van der Waals surface area contributed by atoms with Crippen LogP contribution in [-0.2, 0) is 14.3 Å². The first-order chi connectivity index (χ1) is 18.2. The van der Waals surface area contributed by atoms with Crippen molar-refractivity contribution >= 4 is 5.91 Å². The lowest BCUT2D eigenvalue weighted by Gasteiger charge is -2.40. The Labute approximate surface area is 231 Å². The van der Waals surface area contributed by atoms with Crippen LogP contribution in [0.1, 0.15) is 103 Å². The van der Waals surface area contributed by atoms with Crippen LogP contribution in [0, 0.1) is 0 Å². The number of quaternary nitrogens is 1. The molecule has 226 valence electrons.